The van der Waals surface area contributed by atoms with Crippen LogP contribution in [0.4, 0.5) is 4.39 Å². The second-order valence-corrected chi connectivity index (χ2v) is 8.53. The first kappa shape index (κ1) is 18.6. The molecular formula is C20H20FN3O3S. The molecule has 2 aromatic carbocycles. The Morgan fingerprint density at radius 2 is 1.79 bits per heavy atom. The molecule has 28 heavy (non-hydrogen) atoms. The number of likely N-dealkylation sites (tertiary alicyclic amines) is 1. The first-order valence-electron chi connectivity index (χ1n) is 9.16. The van der Waals surface area contributed by atoms with Crippen molar-refractivity contribution in [2.24, 2.45) is 10.3 Å². The van der Waals surface area contributed by atoms with Crippen LogP contribution < -0.4 is 5.32 Å². The average Bonchev–Trinajstić information content (AvgIpc) is 2.99. The van der Waals surface area contributed by atoms with Crippen molar-refractivity contribution in [1.29, 1.82) is 0 Å². The second-order valence-electron chi connectivity index (χ2n) is 6.96. The van der Waals surface area contributed by atoms with Crippen LogP contribution in [-0.2, 0) is 21.4 Å². The van der Waals surface area contributed by atoms with E-state index in [1.165, 1.54) is 6.07 Å². The largest absolute Gasteiger partial charge is 0.355 e. The van der Waals surface area contributed by atoms with E-state index in [0.717, 1.165) is 0 Å². The third-order valence-corrected chi connectivity index (χ3v) is 6.51. The Bertz CT molecular complexity index is 1040. The number of sulfonamides is 1. The molecule has 1 amide bonds. The summed E-state index contributed by atoms with van der Waals surface area (Å²) >= 11 is 0. The van der Waals surface area contributed by atoms with Crippen LogP contribution in [0, 0.1) is 11.7 Å². The quantitative estimate of drug-likeness (QED) is 0.856. The molecule has 1 saturated heterocycles. The molecule has 2 aromatic rings. The maximum absolute atomic E-state index is 13.7. The highest BCUT2D eigenvalue weighted by Gasteiger charge is 2.34. The number of amidine groups is 1. The predicted molar refractivity (Wildman–Crippen MR) is 103 cm³/mol. The zero-order valence-electron chi connectivity index (χ0n) is 15.1. The predicted octanol–water partition coefficient (Wildman–Crippen LogP) is 2.30. The summed E-state index contributed by atoms with van der Waals surface area (Å²) < 4.78 is 42.0. The molecule has 0 radical (unpaired) electrons. The first-order valence-corrected chi connectivity index (χ1v) is 10.6. The Morgan fingerprint density at radius 1 is 1.11 bits per heavy atom. The molecule has 1 fully saturated rings. The van der Waals surface area contributed by atoms with Gasteiger partial charge in [-0.25, -0.2) is 4.39 Å². The van der Waals surface area contributed by atoms with Gasteiger partial charge in [0.25, 0.3) is 10.0 Å². The van der Waals surface area contributed by atoms with Gasteiger partial charge in [-0.2, -0.15) is 8.42 Å². The summed E-state index contributed by atoms with van der Waals surface area (Å²) in [6.45, 7) is 1.24. The lowest BCUT2D eigenvalue weighted by Crippen LogP contribution is -2.43. The molecule has 6 nitrogen and oxygen atoms in total. The summed E-state index contributed by atoms with van der Waals surface area (Å²) in [5.41, 5.74) is 1.07. The SMILES string of the molecule is O=C(NCc1ccccc1F)C1CCN(C2=NS(=O)(=O)c3ccccc32)CC1. The number of halogens is 1. The van der Waals surface area contributed by atoms with E-state index in [2.05, 4.69) is 9.71 Å². The average molecular weight is 401 g/mol. The van der Waals surface area contributed by atoms with Gasteiger partial charge in [-0.05, 0) is 31.0 Å². The zero-order chi connectivity index (χ0) is 19.7. The van der Waals surface area contributed by atoms with Gasteiger partial charge in [0.2, 0.25) is 5.91 Å². The summed E-state index contributed by atoms with van der Waals surface area (Å²) in [7, 11) is -3.65. The van der Waals surface area contributed by atoms with Crippen molar-refractivity contribution in [3.63, 3.8) is 0 Å². The minimum Gasteiger partial charge on any atom is -0.355 e. The minimum atomic E-state index is -3.65. The smallest absolute Gasteiger partial charge is 0.285 e. The summed E-state index contributed by atoms with van der Waals surface area (Å²) in [4.78, 5) is 14.6. The molecule has 8 heteroatoms. The van der Waals surface area contributed by atoms with Crippen molar-refractivity contribution >= 4 is 21.8 Å². The van der Waals surface area contributed by atoms with Crippen molar-refractivity contribution in [1.82, 2.24) is 10.2 Å². The maximum Gasteiger partial charge on any atom is 0.285 e. The number of piperidine rings is 1. The number of fused-ring (bicyclic) bond motifs is 1. The Morgan fingerprint density at radius 3 is 2.54 bits per heavy atom. The molecule has 146 valence electrons. The number of nitrogens with one attached hydrogen (secondary N) is 1. The highest BCUT2D eigenvalue weighted by atomic mass is 32.2. The standard InChI is InChI=1S/C20H20FN3O3S/c21-17-7-3-1-5-15(17)13-22-20(25)14-9-11-24(12-10-14)19-16-6-2-4-8-18(16)28(26,27)23-19/h1-8,14H,9-13H2,(H,22,25). The van der Waals surface area contributed by atoms with Crippen LogP contribution in [0.25, 0.3) is 0 Å². The molecule has 0 spiro atoms. The van der Waals surface area contributed by atoms with Crippen molar-refractivity contribution in [2.75, 3.05) is 13.1 Å². The highest BCUT2D eigenvalue weighted by molar-refractivity contribution is 7.90. The van der Waals surface area contributed by atoms with Gasteiger partial charge in [0.05, 0.1) is 0 Å². The fraction of sp³-hybridized carbons (Fsp3) is 0.300. The molecule has 0 bridgehead atoms. The van der Waals surface area contributed by atoms with E-state index in [9.17, 15) is 17.6 Å². The Balaban J connectivity index is 1.38. The van der Waals surface area contributed by atoms with Crippen LogP contribution in [-0.4, -0.2) is 38.2 Å². The van der Waals surface area contributed by atoms with Gasteiger partial charge in [-0.1, -0.05) is 30.3 Å². The van der Waals surface area contributed by atoms with E-state index in [1.807, 2.05) is 4.90 Å². The number of amides is 1. The lowest BCUT2D eigenvalue weighted by Gasteiger charge is -2.32. The van der Waals surface area contributed by atoms with E-state index in [0.29, 0.717) is 42.9 Å². The van der Waals surface area contributed by atoms with Crippen molar-refractivity contribution in [3.05, 3.63) is 65.5 Å². The fourth-order valence-corrected chi connectivity index (χ4v) is 4.87. The van der Waals surface area contributed by atoms with Crippen LogP contribution in [0.1, 0.15) is 24.0 Å². The lowest BCUT2D eigenvalue weighted by atomic mass is 9.95. The van der Waals surface area contributed by atoms with Gasteiger partial charge in [0.1, 0.15) is 10.7 Å². The monoisotopic (exact) mass is 401 g/mol. The number of carbonyl (C=O) groups excluding carboxylic acids is 1. The molecule has 4 rings (SSSR count). The van der Waals surface area contributed by atoms with Crippen LogP contribution in [0.5, 0.6) is 0 Å². The van der Waals surface area contributed by atoms with Crippen molar-refractivity contribution in [2.45, 2.75) is 24.3 Å². The van der Waals surface area contributed by atoms with Crippen LogP contribution in [0.3, 0.4) is 0 Å². The molecule has 2 aliphatic rings. The Labute approximate surface area is 163 Å². The van der Waals surface area contributed by atoms with Crippen LogP contribution in [0.2, 0.25) is 0 Å². The molecule has 0 saturated carbocycles. The van der Waals surface area contributed by atoms with Crippen molar-refractivity contribution in [3.8, 4) is 0 Å². The number of hydrogen-bond donors (Lipinski definition) is 1. The number of nitrogens with zero attached hydrogens (tertiary/aromatic N) is 2. The van der Waals surface area contributed by atoms with E-state index >= 15 is 0 Å². The third-order valence-electron chi connectivity index (χ3n) is 5.19. The summed E-state index contributed by atoms with van der Waals surface area (Å²) in [5.74, 6) is -0.168. The second kappa shape index (κ2) is 7.35. The molecule has 2 aliphatic heterocycles. The van der Waals surface area contributed by atoms with E-state index in [-0.39, 0.29) is 29.1 Å². The van der Waals surface area contributed by atoms with Gasteiger partial charge in [0, 0.05) is 36.7 Å². The number of rotatable bonds is 3. The minimum absolute atomic E-state index is 0.107. The molecule has 0 aromatic heterocycles. The zero-order valence-corrected chi connectivity index (χ0v) is 16.0. The van der Waals surface area contributed by atoms with Crippen molar-refractivity contribution < 1.29 is 17.6 Å². The molecule has 0 unspecified atom stereocenters. The molecule has 0 atom stereocenters. The molecular weight excluding hydrogens is 381 g/mol. The van der Waals surface area contributed by atoms with E-state index < -0.39 is 10.0 Å². The normalized spacial score (nSPS) is 18.5. The van der Waals surface area contributed by atoms with Gasteiger partial charge in [0.15, 0.2) is 5.84 Å². The Hall–Kier alpha value is -2.74. The topological polar surface area (TPSA) is 78.8 Å². The molecule has 1 N–H and O–H groups in total. The summed E-state index contributed by atoms with van der Waals surface area (Å²) in [6.07, 6.45) is 1.18. The number of hydrogen-bond acceptors (Lipinski definition) is 4. The third kappa shape index (κ3) is 3.52. The number of benzene rings is 2. The van der Waals surface area contributed by atoms with Crippen LogP contribution >= 0.6 is 0 Å². The van der Waals surface area contributed by atoms with Crippen LogP contribution in [0.15, 0.2) is 57.8 Å². The van der Waals surface area contributed by atoms with Gasteiger partial charge in [-0.3, -0.25) is 4.79 Å². The fourth-order valence-electron chi connectivity index (χ4n) is 3.64. The van der Waals surface area contributed by atoms with E-state index in [4.69, 9.17) is 0 Å². The van der Waals surface area contributed by atoms with Gasteiger partial charge >= 0.3 is 0 Å². The summed E-state index contributed by atoms with van der Waals surface area (Å²) in [6, 6.07) is 13.1. The highest BCUT2D eigenvalue weighted by Crippen LogP contribution is 2.29. The van der Waals surface area contributed by atoms with Gasteiger partial charge in [-0.15, -0.1) is 4.40 Å². The molecule has 2 heterocycles. The maximum atomic E-state index is 13.7. The van der Waals surface area contributed by atoms with E-state index in [1.54, 1.807) is 42.5 Å². The lowest BCUT2D eigenvalue weighted by molar-refractivity contribution is -0.126. The number of carbonyl (C=O) groups is 1. The first-order chi connectivity index (χ1) is 13.5. The Kier molecular flexibility index (Phi) is 4.89. The summed E-state index contributed by atoms with van der Waals surface area (Å²) in [5, 5.41) is 2.80. The van der Waals surface area contributed by atoms with Gasteiger partial charge < -0.3 is 10.2 Å². The molecule has 0 aliphatic carbocycles.